The van der Waals surface area contributed by atoms with Gasteiger partial charge in [-0.25, -0.2) is 4.98 Å². The van der Waals surface area contributed by atoms with Crippen molar-refractivity contribution in [3.05, 3.63) is 47.0 Å². The highest BCUT2D eigenvalue weighted by Crippen LogP contribution is 2.17. The van der Waals surface area contributed by atoms with Gasteiger partial charge in [-0.3, -0.25) is 19.2 Å². The van der Waals surface area contributed by atoms with Crippen molar-refractivity contribution in [2.24, 2.45) is 0 Å². The number of amides is 4. The average molecular weight is 472 g/mol. The van der Waals surface area contributed by atoms with Crippen molar-refractivity contribution in [1.29, 1.82) is 0 Å². The van der Waals surface area contributed by atoms with E-state index in [2.05, 4.69) is 20.9 Å². The summed E-state index contributed by atoms with van der Waals surface area (Å²) in [7, 11) is 0. The van der Waals surface area contributed by atoms with E-state index in [4.69, 9.17) is 0 Å². The van der Waals surface area contributed by atoms with Crippen LogP contribution >= 0.6 is 11.3 Å². The van der Waals surface area contributed by atoms with Gasteiger partial charge in [-0.05, 0) is 45.2 Å². The number of anilines is 1. The Morgan fingerprint density at radius 2 is 1.94 bits per heavy atom. The zero-order valence-electron chi connectivity index (χ0n) is 18.8. The first kappa shape index (κ1) is 24.4. The van der Waals surface area contributed by atoms with Crippen LogP contribution in [-0.2, 0) is 20.8 Å². The van der Waals surface area contributed by atoms with E-state index in [9.17, 15) is 19.2 Å². The van der Waals surface area contributed by atoms with Gasteiger partial charge in [0.15, 0.2) is 5.13 Å². The molecule has 1 aromatic heterocycles. The van der Waals surface area contributed by atoms with Crippen molar-refractivity contribution < 1.29 is 19.2 Å². The van der Waals surface area contributed by atoms with Crippen LogP contribution < -0.4 is 16.0 Å². The van der Waals surface area contributed by atoms with Crippen LogP contribution in [0.3, 0.4) is 0 Å². The molecule has 0 bridgehead atoms. The third-order valence-electron chi connectivity index (χ3n) is 5.23. The van der Waals surface area contributed by atoms with Crippen LogP contribution in [0, 0.1) is 0 Å². The summed E-state index contributed by atoms with van der Waals surface area (Å²) in [5.74, 6) is -1.04. The maximum atomic E-state index is 12.8. The van der Waals surface area contributed by atoms with Gasteiger partial charge < -0.3 is 20.9 Å². The third-order valence-corrected chi connectivity index (χ3v) is 6.04. The first-order valence-corrected chi connectivity index (χ1v) is 11.9. The highest BCUT2D eigenvalue weighted by molar-refractivity contribution is 7.13. The van der Waals surface area contributed by atoms with Crippen LogP contribution in [0.4, 0.5) is 5.13 Å². The van der Waals surface area contributed by atoms with Crippen molar-refractivity contribution in [3.63, 3.8) is 0 Å². The molecule has 1 atom stereocenters. The van der Waals surface area contributed by atoms with E-state index in [1.54, 1.807) is 29.6 Å². The molecule has 9 nitrogen and oxygen atoms in total. The SMILES string of the molecule is CC(C)N(CC(=O)Nc1nc(CC(=O)NC2CCCCNC2=O)cs1)C(=O)c1ccccc1. The number of rotatable bonds is 8. The average Bonchev–Trinajstić information content (AvgIpc) is 3.12. The Labute approximate surface area is 197 Å². The van der Waals surface area contributed by atoms with E-state index in [0.29, 0.717) is 29.4 Å². The summed E-state index contributed by atoms with van der Waals surface area (Å²) in [5.41, 5.74) is 1.02. The molecule has 1 aliphatic heterocycles. The molecular formula is C23H29N5O4S. The van der Waals surface area contributed by atoms with Gasteiger partial charge in [0.1, 0.15) is 12.6 Å². The molecule has 1 aliphatic rings. The second-order valence-electron chi connectivity index (χ2n) is 8.17. The Morgan fingerprint density at radius 3 is 2.67 bits per heavy atom. The minimum atomic E-state index is -0.526. The van der Waals surface area contributed by atoms with Gasteiger partial charge in [0, 0.05) is 23.5 Å². The largest absolute Gasteiger partial charge is 0.354 e. The number of thiazole rings is 1. The maximum Gasteiger partial charge on any atom is 0.254 e. The number of carbonyl (C=O) groups is 4. The maximum absolute atomic E-state index is 12.8. The van der Waals surface area contributed by atoms with Crippen molar-refractivity contribution >= 4 is 40.1 Å². The lowest BCUT2D eigenvalue weighted by Crippen LogP contribution is -2.46. The zero-order chi connectivity index (χ0) is 23.8. The molecule has 0 aliphatic carbocycles. The predicted octanol–water partition coefficient (Wildman–Crippen LogP) is 1.96. The second kappa shape index (κ2) is 11.6. The van der Waals surface area contributed by atoms with Crippen LogP contribution in [0.2, 0.25) is 0 Å². The fraction of sp³-hybridized carbons (Fsp3) is 0.435. The van der Waals surface area contributed by atoms with Crippen LogP contribution in [0.5, 0.6) is 0 Å². The normalized spacial score (nSPS) is 16.0. The van der Waals surface area contributed by atoms with Crippen molar-refractivity contribution in [2.45, 2.75) is 51.6 Å². The molecule has 1 unspecified atom stereocenters. The Hall–Kier alpha value is -3.27. The molecule has 2 aromatic rings. The molecule has 33 heavy (non-hydrogen) atoms. The van der Waals surface area contributed by atoms with Crippen LogP contribution in [0.1, 0.15) is 49.2 Å². The van der Waals surface area contributed by atoms with Crippen LogP contribution in [0.25, 0.3) is 0 Å². The molecule has 4 amide bonds. The first-order chi connectivity index (χ1) is 15.8. The highest BCUT2D eigenvalue weighted by Gasteiger charge is 2.24. The van der Waals surface area contributed by atoms with Gasteiger partial charge in [-0.15, -0.1) is 11.3 Å². The summed E-state index contributed by atoms with van der Waals surface area (Å²) in [6.45, 7) is 4.22. The van der Waals surface area contributed by atoms with Gasteiger partial charge in [-0.1, -0.05) is 18.2 Å². The van der Waals surface area contributed by atoms with Crippen molar-refractivity contribution in [1.82, 2.24) is 20.5 Å². The highest BCUT2D eigenvalue weighted by atomic mass is 32.1. The molecule has 3 rings (SSSR count). The van der Waals surface area contributed by atoms with Gasteiger partial charge >= 0.3 is 0 Å². The minimum absolute atomic E-state index is 0.0146. The number of carbonyl (C=O) groups excluding carboxylic acids is 4. The Morgan fingerprint density at radius 1 is 1.18 bits per heavy atom. The molecular weight excluding hydrogens is 442 g/mol. The number of benzene rings is 1. The van der Waals surface area contributed by atoms with E-state index >= 15 is 0 Å². The quantitative estimate of drug-likeness (QED) is 0.544. The monoisotopic (exact) mass is 471 g/mol. The summed E-state index contributed by atoms with van der Waals surface area (Å²) in [5, 5.41) is 10.3. The van der Waals surface area contributed by atoms with E-state index in [1.165, 1.54) is 16.2 Å². The van der Waals surface area contributed by atoms with Crippen LogP contribution in [-0.4, -0.2) is 58.7 Å². The molecule has 0 spiro atoms. The number of hydrogen-bond acceptors (Lipinski definition) is 6. The number of hydrogen-bond donors (Lipinski definition) is 3. The lowest BCUT2D eigenvalue weighted by molar-refractivity contribution is -0.128. The number of nitrogens with one attached hydrogen (secondary N) is 3. The Kier molecular flexibility index (Phi) is 8.53. The first-order valence-electron chi connectivity index (χ1n) is 11.0. The smallest absolute Gasteiger partial charge is 0.254 e. The van der Waals surface area contributed by atoms with E-state index < -0.39 is 6.04 Å². The third kappa shape index (κ3) is 7.11. The fourth-order valence-electron chi connectivity index (χ4n) is 3.48. The fourth-order valence-corrected chi connectivity index (χ4v) is 4.21. The van der Waals surface area contributed by atoms with Gasteiger partial charge in [0.25, 0.3) is 5.91 Å². The zero-order valence-corrected chi connectivity index (χ0v) is 19.6. The number of aromatic nitrogens is 1. The lowest BCUT2D eigenvalue weighted by atomic mass is 10.1. The molecule has 1 aromatic carbocycles. The minimum Gasteiger partial charge on any atom is -0.354 e. The number of nitrogens with zero attached hydrogens (tertiary/aromatic N) is 2. The molecule has 176 valence electrons. The molecule has 1 saturated heterocycles. The standard InChI is InChI=1S/C23H29N5O4S/c1-15(2)28(22(32)16-8-4-3-5-9-16)13-20(30)27-23-25-17(14-33-23)12-19(29)26-18-10-6-7-11-24-21(18)31/h3-5,8-9,14-15,18H,6-7,10-13H2,1-2H3,(H,24,31)(H,26,29)(H,25,27,30). The summed E-state index contributed by atoms with van der Waals surface area (Å²) in [4.78, 5) is 55.4. The summed E-state index contributed by atoms with van der Waals surface area (Å²) < 4.78 is 0. The predicted molar refractivity (Wildman–Crippen MR) is 126 cm³/mol. The van der Waals surface area contributed by atoms with Gasteiger partial charge in [0.2, 0.25) is 17.7 Å². The van der Waals surface area contributed by atoms with E-state index in [1.807, 2.05) is 19.9 Å². The summed E-state index contributed by atoms with van der Waals surface area (Å²) in [6.07, 6.45) is 2.40. The summed E-state index contributed by atoms with van der Waals surface area (Å²) in [6, 6.07) is 8.12. The van der Waals surface area contributed by atoms with Gasteiger partial charge in [0.05, 0.1) is 12.1 Å². The van der Waals surface area contributed by atoms with Crippen LogP contribution in [0.15, 0.2) is 35.7 Å². The molecule has 1 fully saturated rings. The van der Waals surface area contributed by atoms with Crippen molar-refractivity contribution in [3.8, 4) is 0 Å². The molecule has 3 N–H and O–H groups in total. The van der Waals surface area contributed by atoms with E-state index in [0.717, 1.165) is 12.8 Å². The molecule has 2 heterocycles. The molecule has 0 saturated carbocycles. The Bertz CT molecular complexity index is 992. The lowest BCUT2D eigenvalue weighted by Gasteiger charge is -2.26. The van der Waals surface area contributed by atoms with Gasteiger partial charge in [-0.2, -0.15) is 0 Å². The second-order valence-corrected chi connectivity index (χ2v) is 9.03. The Balaban J connectivity index is 1.53. The molecule has 10 heteroatoms. The van der Waals surface area contributed by atoms with Crippen molar-refractivity contribution in [2.75, 3.05) is 18.4 Å². The summed E-state index contributed by atoms with van der Waals surface area (Å²) >= 11 is 1.20. The topological polar surface area (TPSA) is 120 Å². The molecule has 0 radical (unpaired) electrons. The van der Waals surface area contributed by atoms with E-state index in [-0.39, 0.29) is 42.6 Å².